The van der Waals surface area contributed by atoms with E-state index in [1.807, 2.05) is 48.5 Å². The van der Waals surface area contributed by atoms with E-state index in [-0.39, 0.29) is 12.8 Å². The number of hydrogen-bond donors (Lipinski definition) is 16. The third kappa shape index (κ3) is 28.1. The first-order chi connectivity index (χ1) is 56.4. The Morgan fingerprint density at radius 1 is 0.265 bits per heavy atom. The van der Waals surface area contributed by atoms with E-state index in [0.717, 1.165) is 22.3 Å². The molecule has 5 unspecified atom stereocenters. The van der Waals surface area contributed by atoms with Crippen molar-refractivity contribution >= 4 is 116 Å². The van der Waals surface area contributed by atoms with Crippen LogP contribution in [0.4, 0.5) is 56.9 Å². The minimum Gasteiger partial charge on any atom is -0.480 e. The van der Waals surface area contributed by atoms with Crippen molar-refractivity contribution < 1.29 is 67.3 Å². The number of nitrogen functional groups attached to an aromatic ring is 5. The van der Waals surface area contributed by atoms with Crippen molar-refractivity contribution in [2.45, 2.75) is 107 Å². The molecule has 604 valence electrons. The number of likely N-dealkylation sites (N-methyl/N-ethyl adjacent to an activating group) is 1. The summed E-state index contributed by atoms with van der Waals surface area (Å²) >= 11 is 0. The first-order valence-corrected chi connectivity index (χ1v) is 37.8. The van der Waals surface area contributed by atoms with Gasteiger partial charge in [-0.3, -0.25) is 43.2 Å². The lowest BCUT2D eigenvalue weighted by atomic mass is 10.0. The minimum absolute atomic E-state index is 0.110. The molecule has 29 nitrogen and oxygen atoms in total. The predicted molar refractivity (Wildman–Crippen MR) is 450 cm³/mol. The second kappa shape index (κ2) is 42.2. The standard InChI is InChI=1S/C88H93N15O14/c1-94-74(42-47-79(104)97-65-24-36-71(37-25-65)115-68-30-14-60(91)15-31-68)84(109)100-75(43-48-80(105)95-63-20-6-56(7-21-63)52-54-2-10-58(89)11-3-54)85(110)101-76(44-49-82(107)98-66-26-38-72(39-27-66)116-69-32-16-61(92)17-33-69)86(111)102-77(45-50-81(106)96-64-22-8-57(9-23-64)53-55-4-12-59(90)13-5-55)87(112)103-78(88(113)114)46-51-83(108)99-67-28-40-73(41-29-67)117-70-34-18-62(93)19-35-70/h2-41,74-78,94H,42-53,89-93H2,1H3,(H,95,105)(H,96,106)(H,97,104)(H,98,107)(H,99,108)(H,100,109)(H,101,110)(H,102,111)(H,103,112)(H,113,114). The molecule has 0 heterocycles. The Balaban J connectivity index is 0.880. The number of ether oxygens (including phenoxy) is 3. The number of rotatable bonds is 40. The van der Waals surface area contributed by atoms with Gasteiger partial charge in [-0.1, -0.05) is 48.5 Å². The van der Waals surface area contributed by atoms with Gasteiger partial charge in [0.15, 0.2) is 0 Å². The SMILES string of the molecule is CNC(CCC(=O)Nc1ccc(Oc2ccc(N)cc2)cc1)C(=O)NC(CCC(=O)Nc1ccc(Cc2ccc(N)cc2)cc1)C(=O)NC(CCC(=O)Nc1ccc(Oc2ccc(N)cc2)cc1)C(=O)NC(CCC(=O)Nc1ccc(Cc2ccc(N)cc2)cc1)C(=O)NC(CCC(=O)Nc1ccc(Oc2ccc(N)cc2)cc1)C(=O)O. The number of nitrogens with two attached hydrogens (primary N) is 5. The number of carbonyl (C=O) groups excluding carboxylic acids is 9. The van der Waals surface area contributed by atoms with Crippen LogP contribution in [-0.2, 0) is 60.8 Å². The Morgan fingerprint density at radius 3 is 0.675 bits per heavy atom. The van der Waals surface area contributed by atoms with Crippen LogP contribution in [0.15, 0.2) is 243 Å². The van der Waals surface area contributed by atoms with E-state index in [0.29, 0.717) is 104 Å². The molecule has 21 N–H and O–H groups in total. The van der Waals surface area contributed by atoms with E-state index in [9.17, 15) is 43.5 Å². The van der Waals surface area contributed by atoms with Crippen LogP contribution in [0.1, 0.15) is 86.5 Å². The van der Waals surface area contributed by atoms with Crippen molar-refractivity contribution in [3.8, 4) is 34.5 Å². The van der Waals surface area contributed by atoms with Crippen LogP contribution in [0.5, 0.6) is 34.5 Å². The lowest BCUT2D eigenvalue weighted by Gasteiger charge is -2.27. The van der Waals surface area contributed by atoms with E-state index in [4.69, 9.17) is 42.9 Å². The summed E-state index contributed by atoms with van der Waals surface area (Å²) in [6, 6.07) is 60.3. The number of carboxylic acids is 1. The number of nitrogens with one attached hydrogen (secondary N) is 10. The van der Waals surface area contributed by atoms with Crippen molar-refractivity contribution in [2.24, 2.45) is 0 Å². The zero-order valence-electron chi connectivity index (χ0n) is 64.1. The monoisotopic (exact) mass is 1580 g/mol. The van der Waals surface area contributed by atoms with Gasteiger partial charge in [-0.25, -0.2) is 4.79 Å². The van der Waals surface area contributed by atoms with E-state index >= 15 is 9.59 Å². The van der Waals surface area contributed by atoms with Crippen molar-refractivity contribution in [1.82, 2.24) is 26.6 Å². The van der Waals surface area contributed by atoms with Crippen LogP contribution in [0.2, 0.25) is 0 Å². The molecule has 10 aromatic carbocycles. The fraction of sp³-hybridized carbons (Fsp3) is 0.205. The Kier molecular flexibility index (Phi) is 30.6. The van der Waals surface area contributed by atoms with Gasteiger partial charge >= 0.3 is 5.97 Å². The fourth-order valence-electron chi connectivity index (χ4n) is 12.0. The zero-order chi connectivity index (χ0) is 83.2. The van der Waals surface area contributed by atoms with Crippen LogP contribution < -0.4 is 96.0 Å². The molecule has 0 bridgehead atoms. The highest BCUT2D eigenvalue weighted by Crippen LogP contribution is 2.29. The second-order valence-corrected chi connectivity index (χ2v) is 27.7. The Hall–Kier alpha value is -14.7. The Bertz CT molecular complexity index is 5030. The summed E-state index contributed by atoms with van der Waals surface area (Å²) in [5.41, 5.74) is 37.9. The molecule has 29 heteroatoms. The van der Waals surface area contributed by atoms with Crippen molar-refractivity contribution in [2.75, 3.05) is 62.3 Å². The summed E-state index contributed by atoms with van der Waals surface area (Å²) in [5.74, 6) is -5.67. The van der Waals surface area contributed by atoms with Crippen molar-refractivity contribution in [3.05, 3.63) is 265 Å². The topological polar surface area (TPSA) is 469 Å². The lowest BCUT2D eigenvalue weighted by Crippen LogP contribution is -2.58. The first kappa shape index (κ1) is 84.7. The van der Waals surface area contributed by atoms with Crippen LogP contribution in [0.3, 0.4) is 0 Å². The Labute approximate surface area is 675 Å². The predicted octanol–water partition coefficient (Wildman–Crippen LogP) is 11.2. The molecule has 0 aliphatic carbocycles. The molecule has 5 atom stereocenters. The Morgan fingerprint density at radius 2 is 0.444 bits per heavy atom. The molecule has 117 heavy (non-hydrogen) atoms. The van der Waals surface area contributed by atoms with Gasteiger partial charge in [-0.05, 0) is 268 Å². The maximum absolute atomic E-state index is 15.2. The van der Waals surface area contributed by atoms with Crippen LogP contribution in [0.25, 0.3) is 0 Å². The quantitative estimate of drug-likeness (QED) is 0.0159. The van der Waals surface area contributed by atoms with E-state index in [1.165, 1.54) is 7.05 Å². The molecule has 0 fully saturated rings. The third-order valence-corrected chi connectivity index (χ3v) is 18.5. The van der Waals surface area contributed by atoms with Gasteiger partial charge in [0.25, 0.3) is 0 Å². The molecule has 0 saturated carbocycles. The molecule has 0 aliphatic heterocycles. The summed E-state index contributed by atoms with van der Waals surface area (Å²) in [4.78, 5) is 142. The molecule has 10 aromatic rings. The zero-order valence-corrected chi connectivity index (χ0v) is 64.1. The summed E-state index contributed by atoms with van der Waals surface area (Å²) in [6.45, 7) is 0. The van der Waals surface area contributed by atoms with Gasteiger partial charge in [-0.2, -0.15) is 0 Å². The maximum atomic E-state index is 15.2. The average molecular weight is 1580 g/mol. The summed E-state index contributed by atoms with van der Waals surface area (Å²) in [5, 5.41) is 37.7. The van der Waals surface area contributed by atoms with E-state index in [1.54, 1.807) is 194 Å². The smallest absolute Gasteiger partial charge is 0.326 e. The molecule has 0 spiro atoms. The average Bonchev–Trinajstić information content (AvgIpc) is 0.958. The number of amides is 9. The highest BCUT2D eigenvalue weighted by Gasteiger charge is 2.34. The van der Waals surface area contributed by atoms with Crippen molar-refractivity contribution in [3.63, 3.8) is 0 Å². The lowest BCUT2D eigenvalue weighted by molar-refractivity contribution is -0.142. The second-order valence-electron chi connectivity index (χ2n) is 27.7. The van der Waals surface area contributed by atoms with Gasteiger partial charge in [0.2, 0.25) is 53.2 Å². The van der Waals surface area contributed by atoms with E-state index in [2.05, 4.69) is 53.2 Å². The molecule has 10 rings (SSSR count). The normalized spacial score (nSPS) is 12.1. The molecule has 0 aliphatic rings. The maximum Gasteiger partial charge on any atom is 0.326 e. The highest BCUT2D eigenvalue weighted by molar-refractivity contribution is 5.99. The molecule has 0 radical (unpaired) electrons. The molecular weight excluding hydrogens is 1490 g/mol. The van der Waals surface area contributed by atoms with E-state index < -0.39 is 141 Å². The summed E-state index contributed by atoms with van der Waals surface area (Å²) in [6.07, 6.45) is -2.82. The number of carboxylic acid groups (broad SMARTS) is 1. The number of anilines is 10. The largest absolute Gasteiger partial charge is 0.480 e. The number of carbonyl (C=O) groups is 10. The van der Waals surface area contributed by atoms with Gasteiger partial charge < -0.3 is 101 Å². The third-order valence-electron chi connectivity index (χ3n) is 18.5. The first-order valence-electron chi connectivity index (χ1n) is 37.8. The van der Waals surface area contributed by atoms with Crippen LogP contribution in [-0.4, -0.2) is 101 Å². The summed E-state index contributed by atoms with van der Waals surface area (Å²) < 4.78 is 17.7. The van der Waals surface area contributed by atoms with Crippen LogP contribution in [0, 0.1) is 0 Å². The molecule has 0 saturated heterocycles. The number of hydrogen-bond acceptors (Lipinski definition) is 19. The number of benzene rings is 10. The van der Waals surface area contributed by atoms with Crippen LogP contribution >= 0.6 is 0 Å². The summed E-state index contributed by atoms with van der Waals surface area (Å²) in [7, 11) is 1.47. The van der Waals surface area contributed by atoms with Gasteiger partial charge in [0, 0.05) is 89.0 Å². The molecular formula is C88H93N15O14. The number of aliphatic carboxylic acids is 1. The van der Waals surface area contributed by atoms with Gasteiger partial charge in [0.1, 0.15) is 58.7 Å². The van der Waals surface area contributed by atoms with Gasteiger partial charge in [0.05, 0.1) is 6.04 Å². The molecule has 0 aromatic heterocycles. The molecule has 9 amide bonds. The highest BCUT2D eigenvalue weighted by atomic mass is 16.5. The van der Waals surface area contributed by atoms with Gasteiger partial charge in [-0.15, -0.1) is 0 Å². The minimum atomic E-state index is -1.77. The van der Waals surface area contributed by atoms with Crippen molar-refractivity contribution in [1.29, 1.82) is 0 Å². The fourth-order valence-corrected chi connectivity index (χ4v) is 12.0.